The molecular formula is C42H50FN7O6. The van der Waals surface area contributed by atoms with Crippen molar-refractivity contribution in [2.24, 2.45) is 0 Å². The van der Waals surface area contributed by atoms with Gasteiger partial charge in [0, 0.05) is 31.4 Å². The average Bonchev–Trinajstić information content (AvgIpc) is 3.76. The van der Waals surface area contributed by atoms with Gasteiger partial charge in [0.15, 0.2) is 5.82 Å². The summed E-state index contributed by atoms with van der Waals surface area (Å²) in [5, 5.41) is 5.07. The maximum absolute atomic E-state index is 17.6. The molecule has 56 heavy (non-hydrogen) atoms. The summed E-state index contributed by atoms with van der Waals surface area (Å²) in [7, 11) is 0. The maximum Gasteiger partial charge on any atom is 0.415 e. The minimum Gasteiger partial charge on any atom is -0.461 e. The number of hydrogen-bond donors (Lipinski definition) is 1. The molecule has 0 aliphatic carbocycles. The van der Waals surface area contributed by atoms with Crippen LogP contribution < -0.4 is 19.7 Å². The van der Waals surface area contributed by atoms with Gasteiger partial charge in [-0.3, -0.25) is 14.8 Å². The fourth-order valence-corrected chi connectivity index (χ4v) is 9.69. The third-order valence-corrected chi connectivity index (χ3v) is 12.5. The second-order valence-corrected chi connectivity index (χ2v) is 17.0. The second-order valence-electron chi connectivity index (χ2n) is 17.0. The number of aromatic nitrogens is 3. The predicted molar refractivity (Wildman–Crippen MR) is 209 cm³/mol. The van der Waals surface area contributed by atoms with E-state index >= 15 is 4.39 Å². The van der Waals surface area contributed by atoms with Gasteiger partial charge in [-0.2, -0.15) is 9.97 Å². The van der Waals surface area contributed by atoms with Crippen LogP contribution in [0.25, 0.3) is 32.9 Å². The molecule has 4 fully saturated rings. The van der Waals surface area contributed by atoms with E-state index in [1.165, 1.54) is 0 Å². The van der Waals surface area contributed by atoms with Crippen LogP contribution in [0.2, 0.25) is 0 Å². The number of nitrogens with one attached hydrogen (secondary N) is 1. The quantitative estimate of drug-likeness (QED) is 0.240. The fraction of sp³-hybridized carbons (Fsp3) is 0.548. The number of nitrogens with zero attached hydrogens (tertiary/aromatic N) is 6. The molecule has 1 atom stereocenters. The largest absolute Gasteiger partial charge is 0.461 e. The Morgan fingerprint density at radius 1 is 1.00 bits per heavy atom. The molecular weight excluding hydrogens is 718 g/mol. The van der Waals surface area contributed by atoms with Crippen LogP contribution in [0.5, 0.6) is 11.8 Å². The van der Waals surface area contributed by atoms with Crippen LogP contribution in [0.4, 0.5) is 19.8 Å². The third kappa shape index (κ3) is 6.74. The van der Waals surface area contributed by atoms with Crippen LogP contribution >= 0.6 is 0 Å². The highest BCUT2D eigenvalue weighted by Crippen LogP contribution is 2.42. The molecule has 6 bridgehead atoms. The van der Waals surface area contributed by atoms with E-state index in [4.69, 9.17) is 33.9 Å². The zero-order valence-electron chi connectivity index (χ0n) is 32.5. The molecule has 296 valence electrons. The number of carbonyl (C=O) groups excluding carboxylic acids is 2. The summed E-state index contributed by atoms with van der Waals surface area (Å²) in [5.74, 6) is 0.148. The van der Waals surface area contributed by atoms with Gasteiger partial charge < -0.3 is 29.2 Å². The van der Waals surface area contributed by atoms with E-state index < -0.39 is 29.1 Å². The van der Waals surface area contributed by atoms with Crippen LogP contribution in [-0.4, -0.2) is 113 Å². The number of fused-ring (bicyclic) bond motifs is 7. The minimum atomic E-state index is -0.618. The van der Waals surface area contributed by atoms with E-state index in [0.717, 1.165) is 68.0 Å². The van der Waals surface area contributed by atoms with E-state index in [1.54, 1.807) is 23.2 Å². The van der Waals surface area contributed by atoms with E-state index in [2.05, 4.69) is 15.1 Å². The van der Waals surface area contributed by atoms with Crippen molar-refractivity contribution in [3.8, 4) is 23.0 Å². The van der Waals surface area contributed by atoms with Crippen molar-refractivity contribution < 1.29 is 32.9 Å². The lowest BCUT2D eigenvalue weighted by atomic mass is 9.91. The van der Waals surface area contributed by atoms with E-state index in [1.807, 2.05) is 39.0 Å². The Morgan fingerprint density at radius 3 is 2.64 bits per heavy atom. The van der Waals surface area contributed by atoms with Crippen molar-refractivity contribution >= 4 is 39.7 Å². The molecule has 2 amide bonds. The van der Waals surface area contributed by atoms with Crippen LogP contribution in [0, 0.1) is 5.82 Å². The van der Waals surface area contributed by atoms with Crippen molar-refractivity contribution in [2.75, 3.05) is 64.1 Å². The average molecular weight is 768 g/mol. The van der Waals surface area contributed by atoms with Crippen LogP contribution in [0.1, 0.15) is 71.3 Å². The lowest BCUT2D eigenvalue weighted by molar-refractivity contribution is -0.0368. The number of halogens is 1. The molecule has 1 unspecified atom stereocenters. The third-order valence-electron chi connectivity index (χ3n) is 12.5. The molecule has 2 aromatic carbocycles. The van der Waals surface area contributed by atoms with Gasteiger partial charge in [-0.15, -0.1) is 0 Å². The number of amides is 2. The molecule has 10 rings (SSSR count). The molecule has 14 heteroatoms. The SMILES string of the molecule is CC12CCCN(C1)c1nc(OCC34CCCN3CCC4)nc3c(F)c(ncc13)-c1cc(OC(=O)N3CCOCC3(C)C)cc3cccc(c13)CCCOC(=O)N2. The summed E-state index contributed by atoms with van der Waals surface area (Å²) in [5.41, 5.74) is 0.297. The molecule has 6 aliphatic heterocycles. The monoisotopic (exact) mass is 767 g/mol. The zero-order valence-corrected chi connectivity index (χ0v) is 32.5. The Morgan fingerprint density at radius 2 is 1.82 bits per heavy atom. The summed E-state index contributed by atoms with van der Waals surface area (Å²) in [6, 6.07) is 9.42. The minimum absolute atomic E-state index is 0.0652. The van der Waals surface area contributed by atoms with Gasteiger partial charge in [0.2, 0.25) is 0 Å². The highest BCUT2D eigenvalue weighted by Gasteiger charge is 2.45. The van der Waals surface area contributed by atoms with Crippen molar-refractivity contribution in [3.63, 3.8) is 0 Å². The summed E-state index contributed by atoms with van der Waals surface area (Å²) >= 11 is 0. The Balaban J connectivity index is 1.19. The van der Waals surface area contributed by atoms with E-state index in [-0.39, 0.29) is 35.1 Å². The normalized spacial score (nSPS) is 23.5. The highest BCUT2D eigenvalue weighted by molar-refractivity contribution is 6.02. The number of pyridine rings is 1. The molecule has 13 nitrogen and oxygen atoms in total. The van der Waals surface area contributed by atoms with Crippen molar-refractivity contribution in [1.29, 1.82) is 0 Å². The molecule has 1 N–H and O–H groups in total. The molecule has 4 saturated heterocycles. The van der Waals surface area contributed by atoms with Gasteiger partial charge in [-0.1, -0.05) is 18.2 Å². The van der Waals surface area contributed by atoms with Gasteiger partial charge in [0.1, 0.15) is 29.4 Å². The number of benzene rings is 2. The van der Waals surface area contributed by atoms with E-state index in [0.29, 0.717) is 69.1 Å². The summed E-state index contributed by atoms with van der Waals surface area (Å²) in [6.45, 7) is 10.8. The molecule has 0 radical (unpaired) electrons. The number of morpholine rings is 1. The first-order chi connectivity index (χ1) is 27.0. The molecule has 0 spiro atoms. The molecule has 8 heterocycles. The summed E-state index contributed by atoms with van der Waals surface area (Å²) < 4.78 is 41.5. The number of piperidine rings is 1. The summed E-state index contributed by atoms with van der Waals surface area (Å²) in [4.78, 5) is 47.6. The predicted octanol–water partition coefficient (Wildman–Crippen LogP) is 6.63. The number of aryl methyl sites for hydroxylation is 1. The van der Waals surface area contributed by atoms with Crippen molar-refractivity contribution in [1.82, 2.24) is 30.1 Å². The lowest BCUT2D eigenvalue weighted by Gasteiger charge is -2.41. The first kappa shape index (κ1) is 36.8. The smallest absolute Gasteiger partial charge is 0.415 e. The molecule has 6 aliphatic rings. The van der Waals surface area contributed by atoms with Crippen molar-refractivity contribution in [2.45, 2.75) is 88.8 Å². The number of carbonyl (C=O) groups is 2. The molecule has 0 saturated carbocycles. The van der Waals surface area contributed by atoms with Gasteiger partial charge >= 0.3 is 18.2 Å². The standard InChI is InChI=1S/C42H50FN7O6/c1-40(2)25-53-20-18-50(40)39(52)56-29-21-28-10-4-9-27-11-5-19-54-38(51)47-41(3)12-6-15-48(24-41)36-31-23-44-34(30(22-29)32(27)28)33(43)35(31)45-37(46-36)55-26-42-13-7-16-49(42)17-8-14-42/h4,9-10,21-23H,5-8,11-20,24-26H2,1-3H3,(H,47,51). The van der Waals surface area contributed by atoms with Gasteiger partial charge in [0.25, 0.3) is 0 Å². The zero-order chi connectivity index (χ0) is 38.7. The Hall–Kier alpha value is -4.82. The van der Waals surface area contributed by atoms with Gasteiger partial charge in [0.05, 0.1) is 41.8 Å². The summed E-state index contributed by atoms with van der Waals surface area (Å²) in [6.07, 6.45) is 7.57. The second kappa shape index (κ2) is 14.3. The molecule has 4 aromatic rings. The first-order valence-electron chi connectivity index (χ1n) is 20.1. The van der Waals surface area contributed by atoms with Crippen LogP contribution in [-0.2, 0) is 15.9 Å². The van der Waals surface area contributed by atoms with Crippen LogP contribution in [0.3, 0.4) is 0 Å². The Kier molecular flexibility index (Phi) is 9.39. The topological polar surface area (TPSA) is 131 Å². The number of rotatable bonds is 4. The first-order valence-corrected chi connectivity index (χ1v) is 20.1. The lowest BCUT2D eigenvalue weighted by Crippen LogP contribution is -2.57. The van der Waals surface area contributed by atoms with Crippen molar-refractivity contribution in [3.05, 3.63) is 47.9 Å². The fourth-order valence-electron chi connectivity index (χ4n) is 9.69. The number of hydrogen-bond acceptors (Lipinski definition) is 11. The number of anilines is 1. The Bertz CT molecular complexity index is 2190. The Labute approximate surface area is 325 Å². The maximum atomic E-state index is 17.6. The molecule has 2 aromatic heterocycles. The van der Waals surface area contributed by atoms with Gasteiger partial charge in [-0.25, -0.2) is 14.0 Å². The number of alkyl carbamates (subject to hydrolysis) is 1. The van der Waals surface area contributed by atoms with Crippen LogP contribution in [0.15, 0.2) is 36.5 Å². The van der Waals surface area contributed by atoms with Gasteiger partial charge in [-0.05, 0) is 114 Å². The number of ether oxygens (including phenoxy) is 4. The van der Waals surface area contributed by atoms with E-state index in [9.17, 15) is 9.59 Å². The highest BCUT2D eigenvalue weighted by atomic mass is 19.1.